The lowest BCUT2D eigenvalue weighted by molar-refractivity contribution is 0.733. The quantitative estimate of drug-likeness (QED) is 0.719. The van der Waals surface area contributed by atoms with Crippen LogP contribution in [0.3, 0.4) is 0 Å². The van der Waals surface area contributed by atoms with E-state index in [1.165, 1.54) is 0 Å². The Morgan fingerprint density at radius 2 is 2.38 bits per heavy atom. The fraction of sp³-hybridized carbons (Fsp3) is 0.444. The first-order chi connectivity index (χ1) is 6.07. The summed E-state index contributed by atoms with van der Waals surface area (Å²) in [5.74, 6) is 0. The van der Waals surface area contributed by atoms with Crippen LogP contribution in [0.5, 0.6) is 0 Å². The molecule has 1 aromatic heterocycles. The molecule has 1 aliphatic rings. The van der Waals surface area contributed by atoms with E-state index in [0.717, 1.165) is 17.3 Å². The Morgan fingerprint density at radius 1 is 1.62 bits per heavy atom. The number of nitrogens with zero attached hydrogens (tertiary/aromatic N) is 1. The maximum Gasteiger partial charge on any atom is 0.120 e. The van der Waals surface area contributed by atoms with E-state index in [9.17, 15) is 0 Å². The van der Waals surface area contributed by atoms with E-state index in [2.05, 4.69) is 24.1 Å². The molecule has 0 amide bonds. The molecule has 0 radical (unpaired) electrons. The minimum Gasteiger partial charge on any atom is -0.381 e. The predicted molar refractivity (Wildman–Crippen MR) is 57.7 cm³/mol. The van der Waals surface area contributed by atoms with Crippen LogP contribution in [0.25, 0.3) is 0 Å². The third-order valence-electron chi connectivity index (χ3n) is 1.90. The SMILES string of the molecule is CC1(C)CNc2cc(Cl)cnc2S1. The van der Waals surface area contributed by atoms with Crippen LogP contribution in [0.2, 0.25) is 5.02 Å². The van der Waals surface area contributed by atoms with Gasteiger partial charge in [0, 0.05) is 17.5 Å². The first-order valence-corrected chi connectivity index (χ1v) is 5.35. The minimum atomic E-state index is 0.216. The normalized spacial score (nSPS) is 19.0. The lowest BCUT2D eigenvalue weighted by atomic mass is 10.2. The lowest BCUT2D eigenvalue weighted by Gasteiger charge is -2.30. The molecule has 1 N–H and O–H groups in total. The summed E-state index contributed by atoms with van der Waals surface area (Å²) in [6.07, 6.45) is 1.69. The van der Waals surface area contributed by atoms with Gasteiger partial charge in [-0.25, -0.2) is 4.98 Å². The molecule has 1 aromatic rings. The van der Waals surface area contributed by atoms with E-state index in [1.807, 2.05) is 6.07 Å². The molecule has 0 aromatic carbocycles. The summed E-state index contributed by atoms with van der Waals surface area (Å²) in [6.45, 7) is 5.35. The van der Waals surface area contributed by atoms with Crippen LogP contribution in [-0.2, 0) is 0 Å². The van der Waals surface area contributed by atoms with E-state index in [-0.39, 0.29) is 4.75 Å². The maximum absolute atomic E-state index is 5.84. The number of aromatic nitrogens is 1. The molecule has 0 aliphatic carbocycles. The van der Waals surface area contributed by atoms with Gasteiger partial charge in [0.2, 0.25) is 0 Å². The zero-order chi connectivity index (χ0) is 9.47. The van der Waals surface area contributed by atoms with Crippen molar-refractivity contribution in [3.63, 3.8) is 0 Å². The highest BCUT2D eigenvalue weighted by Crippen LogP contribution is 2.40. The Kier molecular flexibility index (Phi) is 2.16. The highest BCUT2D eigenvalue weighted by molar-refractivity contribution is 8.00. The van der Waals surface area contributed by atoms with Crippen LogP contribution in [0.15, 0.2) is 17.3 Å². The minimum absolute atomic E-state index is 0.216. The fourth-order valence-corrected chi connectivity index (χ4v) is 2.41. The van der Waals surface area contributed by atoms with Crippen LogP contribution in [0.4, 0.5) is 5.69 Å². The van der Waals surface area contributed by atoms with Gasteiger partial charge in [0.05, 0.1) is 10.7 Å². The molecule has 0 atom stereocenters. The van der Waals surface area contributed by atoms with Crippen molar-refractivity contribution < 1.29 is 0 Å². The van der Waals surface area contributed by atoms with Gasteiger partial charge in [-0.2, -0.15) is 0 Å². The molecule has 0 fully saturated rings. The Balaban J connectivity index is 2.37. The van der Waals surface area contributed by atoms with E-state index in [4.69, 9.17) is 11.6 Å². The summed E-state index contributed by atoms with van der Waals surface area (Å²) in [7, 11) is 0. The van der Waals surface area contributed by atoms with Gasteiger partial charge in [-0.05, 0) is 19.9 Å². The first kappa shape index (κ1) is 9.16. The topological polar surface area (TPSA) is 24.9 Å². The molecule has 2 rings (SSSR count). The van der Waals surface area contributed by atoms with Crippen LogP contribution in [-0.4, -0.2) is 16.3 Å². The zero-order valence-electron chi connectivity index (χ0n) is 7.60. The fourth-order valence-electron chi connectivity index (χ4n) is 1.24. The van der Waals surface area contributed by atoms with Crippen molar-refractivity contribution in [2.24, 2.45) is 0 Å². The number of thioether (sulfide) groups is 1. The third-order valence-corrected chi connectivity index (χ3v) is 3.32. The molecular formula is C9H11ClN2S. The average Bonchev–Trinajstić information content (AvgIpc) is 2.05. The van der Waals surface area contributed by atoms with E-state index < -0.39 is 0 Å². The highest BCUT2D eigenvalue weighted by Gasteiger charge is 2.26. The second-order valence-electron chi connectivity index (χ2n) is 3.72. The van der Waals surface area contributed by atoms with E-state index in [1.54, 1.807) is 18.0 Å². The zero-order valence-corrected chi connectivity index (χ0v) is 9.17. The van der Waals surface area contributed by atoms with Gasteiger partial charge in [0.15, 0.2) is 0 Å². The van der Waals surface area contributed by atoms with Gasteiger partial charge in [-0.1, -0.05) is 23.4 Å². The van der Waals surface area contributed by atoms with Gasteiger partial charge >= 0.3 is 0 Å². The molecule has 2 nitrogen and oxygen atoms in total. The second-order valence-corrected chi connectivity index (χ2v) is 5.85. The number of hydrogen-bond donors (Lipinski definition) is 1. The first-order valence-electron chi connectivity index (χ1n) is 4.15. The van der Waals surface area contributed by atoms with Crippen molar-refractivity contribution in [1.29, 1.82) is 0 Å². The number of fused-ring (bicyclic) bond motifs is 1. The molecular weight excluding hydrogens is 204 g/mol. The third kappa shape index (κ3) is 1.92. The van der Waals surface area contributed by atoms with Crippen molar-refractivity contribution >= 4 is 29.1 Å². The molecule has 0 unspecified atom stereocenters. The van der Waals surface area contributed by atoms with Gasteiger partial charge in [-0.3, -0.25) is 0 Å². The van der Waals surface area contributed by atoms with Gasteiger partial charge in [-0.15, -0.1) is 0 Å². The van der Waals surface area contributed by atoms with Crippen molar-refractivity contribution in [2.75, 3.05) is 11.9 Å². The molecule has 0 saturated carbocycles. The lowest BCUT2D eigenvalue weighted by Crippen LogP contribution is -2.30. The van der Waals surface area contributed by atoms with Crippen molar-refractivity contribution in [2.45, 2.75) is 23.6 Å². The van der Waals surface area contributed by atoms with Crippen LogP contribution in [0.1, 0.15) is 13.8 Å². The molecule has 0 saturated heterocycles. The molecule has 0 spiro atoms. The summed E-state index contributed by atoms with van der Waals surface area (Å²) in [5, 5.41) is 5.05. The van der Waals surface area contributed by atoms with E-state index in [0.29, 0.717) is 5.02 Å². The summed E-state index contributed by atoms with van der Waals surface area (Å²) in [4.78, 5) is 4.28. The molecule has 1 aliphatic heterocycles. The maximum atomic E-state index is 5.84. The Hall–Kier alpha value is -0.410. The number of anilines is 1. The van der Waals surface area contributed by atoms with Crippen molar-refractivity contribution in [1.82, 2.24) is 4.98 Å². The van der Waals surface area contributed by atoms with Crippen LogP contribution < -0.4 is 5.32 Å². The number of rotatable bonds is 0. The number of halogens is 1. The monoisotopic (exact) mass is 214 g/mol. The van der Waals surface area contributed by atoms with Gasteiger partial charge in [0.25, 0.3) is 0 Å². The highest BCUT2D eigenvalue weighted by atomic mass is 35.5. The average molecular weight is 215 g/mol. The van der Waals surface area contributed by atoms with Crippen molar-refractivity contribution in [3.05, 3.63) is 17.3 Å². The molecule has 0 bridgehead atoms. The largest absolute Gasteiger partial charge is 0.381 e. The molecule has 13 heavy (non-hydrogen) atoms. The van der Waals surface area contributed by atoms with Gasteiger partial charge < -0.3 is 5.32 Å². The van der Waals surface area contributed by atoms with E-state index >= 15 is 0 Å². The van der Waals surface area contributed by atoms with Gasteiger partial charge in [0.1, 0.15) is 5.03 Å². The number of hydrogen-bond acceptors (Lipinski definition) is 3. The van der Waals surface area contributed by atoms with Crippen LogP contribution in [0, 0.1) is 0 Å². The smallest absolute Gasteiger partial charge is 0.120 e. The van der Waals surface area contributed by atoms with Crippen LogP contribution >= 0.6 is 23.4 Å². The molecule has 4 heteroatoms. The van der Waals surface area contributed by atoms with Crippen molar-refractivity contribution in [3.8, 4) is 0 Å². The molecule has 70 valence electrons. The number of nitrogens with one attached hydrogen (secondary N) is 1. The summed E-state index contributed by atoms with van der Waals surface area (Å²) < 4.78 is 0.216. The molecule has 2 heterocycles. The summed E-state index contributed by atoms with van der Waals surface area (Å²) in [6, 6.07) is 1.92. The Morgan fingerprint density at radius 3 is 3.15 bits per heavy atom. The number of pyridine rings is 1. The summed E-state index contributed by atoms with van der Waals surface area (Å²) in [5.41, 5.74) is 1.05. The standard InChI is InChI=1S/C9H11ClN2S/c1-9(2)5-12-7-3-6(10)4-11-8(7)13-9/h3-4,12H,5H2,1-2H3. The second kappa shape index (κ2) is 3.07. The summed E-state index contributed by atoms with van der Waals surface area (Å²) >= 11 is 7.63. The predicted octanol–water partition coefficient (Wildman–Crippen LogP) is 3.03. The Labute approximate surface area is 87.1 Å². The Bertz CT molecular complexity index is 338.